The maximum Gasteiger partial charge on any atom is 0.312 e. The first-order chi connectivity index (χ1) is 7.51. The highest BCUT2D eigenvalue weighted by Crippen LogP contribution is 2.28. The van der Waals surface area contributed by atoms with Gasteiger partial charge >= 0.3 is 5.97 Å². The maximum atomic E-state index is 13.7. The highest BCUT2D eigenvalue weighted by atomic mass is 32.2. The molecule has 0 heterocycles. The highest BCUT2D eigenvalue weighted by Gasteiger charge is 2.24. The molecule has 0 radical (unpaired) electrons. The summed E-state index contributed by atoms with van der Waals surface area (Å²) >= 11 is 1.01. The lowest BCUT2D eigenvalue weighted by Gasteiger charge is -2.13. The Hall–Kier alpha value is -1.14. The van der Waals surface area contributed by atoms with Crippen LogP contribution in [0.15, 0.2) is 17.0 Å². The minimum atomic E-state index is -1.26. The van der Waals surface area contributed by atoms with Crippen LogP contribution in [0.25, 0.3) is 0 Å². The molecule has 1 unspecified atom stereocenters. The number of thioether (sulfide) groups is 1. The predicted molar refractivity (Wildman–Crippen MR) is 57.6 cm³/mol. The summed E-state index contributed by atoms with van der Waals surface area (Å²) in [5.74, 6) is -3.87. The largest absolute Gasteiger partial charge is 0.481 e. The van der Waals surface area contributed by atoms with Crippen LogP contribution < -0.4 is 5.73 Å². The van der Waals surface area contributed by atoms with Crippen molar-refractivity contribution in [1.29, 1.82) is 0 Å². The van der Waals surface area contributed by atoms with Crippen LogP contribution in [0, 0.1) is 11.6 Å². The molecular formula is C10H11F2NO2S. The summed E-state index contributed by atoms with van der Waals surface area (Å²) in [5.41, 5.74) is 5.03. The van der Waals surface area contributed by atoms with Gasteiger partial charge in [-0.1, -0.05) is 0 Å². The lowest BCUT2D eigenvalue weighted by molar-refractivity contribution is -0.138. The summed E-state index contributed by atoms with van der Waals surface area (Å²) in [6, 6.07) is 1.90. The van der Waals surface area contributed by atoms with Crippen molar-refractivity contribution in [2.75, 3.05) is 12.8 Å². The molecule has 0 saturated carbocycles. The molecule has 1 rings (SSSR count). The van der Waals surface area contributed by atoms with Crippen LogP contribution in [0.2, 0.25) is 0 Å². The number of carboxylic acids is 1. The molecule has 0 saturated heterocycles. The van der Waals surface area contributed by atoms with Crippen LogP contribution in [-0.2, 0) is 4.79 Å². The third-order valence-corrected chi connectivity index (χ3v) is 2.90. The Morgan fingerprint density at radius 1 is 1.56 bits per heavy atom. The van der Waals surface area contributed by atoms with E-state index in [4.69, 9.17) is 10.8 Å². The SMILES string of the molecule is CSc1cc(F)cc(C(CN)C(=O)O)c1F. The Morgan fingerprint density at radius 2 is 2.19 bits per heavy atom. The molecular weight excluding hydrogens is 236 g/mol. The topological polar surface area (TPSA) is 63.3 Å². The average Bonchev–Trinajstić information content (AvgIpc) is 2.23. The fraction of sp³-hybridized carbons (Fsp3) is 0.300. The van der Waals surface area contributed by atoms with E-state index < -0.39 is 23.5 Å². The molecule has 88 valence electrons. The summed E-state index contributed by atoms with van der Waals surface area (Å²) in [7, 11) is 0. The number of carboxylic acid groups (broad SMARTS) is 1. The van der Waals surface area contributed by atoms with Crippen LogP contribution in [0.4, 0.5) is 8.78 Å². The quantitative estimate of drug-likeness (QED) is 0.796. The predicted octanol–water partition coefficient (Wildman–Crippen LogP) is 1.81. The van der Waals surface area contributed by atoms with Crippen molar-refractivity contribution in [3.05, 3.63) is 29.3 Å². The number of nitrogens with two attached hydrogens (primary N) is 1. The maximum absolute atomic E-state index is 13.7. The first kappa shape index (κ1) is 12.9. The fourth-order valence-electron chi connectivity index (χ4n) is 1.35. The molecule has 1 atom stereocenters. The fourth-order valence-corrected chi connectivity index (χ4v) is 1.87. The molecule has 3 N–H and O–H groups in total. The van der Waals surface area contributed by atoms with Gasteiger partial charge in [-0.25, -0.2) is 8.78 Å². The van der Waals surface area contributed by atoms with Gasteiger partial charge in [-0.2, -0.15) is 0 Å². The first-order valence-electron chi connectivity index (χ1n) is 4.47. The molecule has 0 fully saturated rings. The van der Waals surface area contributed by atoms with Crippen molar-refractivity contribution in [3.63, 3.8) is 0 Å². The summed E-state index contributed by atoms with van der Waals surface area (Å²) in [6.45, 7) is -0.274. The third kappa shape index (κ3) is 2.51. The van der Waals surface area contributed by atoms with Crippen molar-refractivity contribution >= 4 is 17.7 Å². The molecule has 0 aliphatic rings. The molecule has 1 aromatic rings. The normalized spacial score (nSPS) is 12.5. The minimum absolute atomic E-state index is 0.0784. The van der Waals surface area contributed by atoms with E-state index in [9.17, 15) is 13.6 Å². The smallest absolute Gasteiger partial charge is 0.312 e. The van der Waals surface area contributed by atoms with Gasteiger partial charge in [0.05, 0.1) is 5.92 Å². The van der Waals surface area contributed by atoms with Gasteiger partial charge in [-0.15, -0.1) is 11.8 Å². The first-order valence-corrected chi connectivity index (χ1v) is 5.69. The Balaban J connectivity index is 3.31. The Kier molecular flexibility index (Phi) is 4.26. The highest BCUT2D eigenvalue weighted by molar-refractivity contribution is 7.98. The molecule has 0 amide bonds. The van der Waals surface area contributed by atoms with E-state index in [1.54, 1.807) is 6.26 Å². The van der Waals surface area contributed by atoms with Crippen molar-refractivity contribution in [2.45, 2.75) is 10.8 Å². The molecule has 3 nitrogen and oxygen atoms in total. The van der Waals surface area contributed by atoms with Gasteiger partial charge in [0.25, 0.3) is 0 Å². The van der Waals surface area contributed by atoms with Crippen LogP contribution in [0.5, 0.6) is 0 Å². The third-order valence-electron chi connectivity index (χ3n) is 2.16. The molecule has 0 aromatic heterocycles. The number of rotatable bonds is 4. The second-order valence-corrected chi connectivity index (χ2v) is 3.99. The second-order valence-electron chi connectivity index (χ2n) is 3.14. The number of carbonyl (C=O) groups is 1. The molecule has 0 aliphatic carbocycles. The Labute approximate surface area is 95.6 Å². The van der Waals surface area contributed by atoms with Crippen molar-refractivity contribution in [3.8, 4) is 0 Å². The summed E-state index contributed by atoms with van der Waals surface area (Å²) < 4.78 is 26.9. The second kappa shape index (κ2) is 5.27. The lowest BCUT2D eigenvalue weighted by Crippen LogP contribution is -2.22. The molecule has 0 bridgehead atoms. The van der Waals surface area contributed by atoms with Gasteiger partial charge in [0, 0.05) is 17.0 Å². The van der Waals surface area contributed by atoms with Crippen molar-refractivity contribution in [2.24, 2.45) is 5.73 Å². The summed E-state index contributed by atoms with van der Waals surface area (Å²) in [5, 5.41) is 8.83. The van der Waals surface area contributed by atoms with E-state index >= 15 is 0 Å². The van der Waals surface area contributed by atoms with E-state index in [0.29, 0.717) is 0 Å². The van der Waals surface area contributed by atoms with Crippen LogP contribution in [0.3, 0.4) is 0 Å². The standard InChI is InChI=1S/C10H11F2NO2S/c1-16-8-3-5(11)2-6(9(8)12)7(4-13)10(14)15/h2-3,7H,4,13H2,1H3,(H,14,15). The van der Waals surface area contributed by atoms with Crippen LogP contribution in [-0.4, -0.2) is 23.9 Å². The zero-order chi connectivity index (χ0) is 12.3. The Bertz CT molecular complexity index is 412. The number of hydrogen-bond acceptors (Lipinski definition) is 3. The van der Waals surface area contributed by atoms with E-state index in [0.717, 1.165) is 23.9 Å². The van der Waals surface area contributed by atoms with Gasteiger partial charge in [0.2, 0.25) is 0 Å². The molecule has 0 aliphatic heterocycles. The number of halogens is 2. The zero-order valence-electron chi connectivity index (χ0n) is 8.54. The van der Waals surface area contributed by atoms with E-state index in [1.807, 2.05) is 0 Å². The summed E-state index contributed by atoms with van der Waals surface area (Å²) in [4.78, 5) is 10.9. The Morgan fingerprint density at radius 3 is 2.62 bits per heavy atom. The number of benzene rings is 1. The molecule has 1 aromatic carbocycles. The summed E-state index contributed by atoms with van der Waals surface area (Å²) in [6.07, 6.45) is 1.58. The van der Waals surface area contributed by atoms with E-state index in [1.165, 1.54) is 0 Å². The lowest BCUT2D eigenvalue weighted by atomic mass is 9.99. The van der Waals surface area contributed by atoms with Gasteiger partial charge in [0.1, 0.15) is 11.6 Å². The zero-order valence-corrected chi connectivity index (χ0v) is 9.35. The molecule has 6 heteroatoms. The van der Waals surface area contributed by atoms with Crippen molar-refractivity contribution in [1.82, 2.24) is 0 Å². The van der Waals surface area contributed by atoms with Gasteiger partial charge in [-0.05, 0) is 18.4 Å². The minimum Gasteiger partial charge on any atom is -0.481 e. The van der Waals surface area contributed by atoms with Gasteiger partial charge in [-0.3, -0.25) is 4.79 Å². The van der Waals surface area contributed by atoms with Crippen LogP contribution >= 0.6 is 11.8 Å². The average molecular weight is 247 g/mol. The number of hydrogen-bond donors (Lipinski definition) is 2. The molecule has 0 spiro atoms. The monoisotopic (exact) mass is 247 g/mol. The van der Waals surface area contributed by atoms with Gasteiger partial charge in [0.15, 0.2) is 0 Å². The van der Waals surface area contributed by atoms with Gasteiger partial charge < -0.3 is 10.8 Å². The van der Waals surface area contributed by atoms with Crippen molar-refractivity contribution < 1.29 is 18.7 Å². The van der Waals surface area contributed by atoms with Crippen LogP contribution in [0.1, 0.15) is 11.5 Å². The van der Waals surface area contributed by atoms with E-state index in [-0.39, 0.29) is 17.0 Å². The number of aliphatic carboxylic acids is 1. The van der Waals surface area contributed by atoms with E-state index in [2.05, 4.69) is 0 Å². The molecule has 16 heavy (non-hydrogen) atoms.